The van der Waals surface area contributed by atoms with Crippen molar-refractivity contribution in [3.63, 3.8) is 0 Å². The topological polar surface area (TPSA) is 0 Å². The van der Waals surface area contributed by atoms with Gasteiger partial charge in [-0.3, -0.25) is 0 Å². The second-order valence-corrected chi connectivity index (χ2v) is 6.51. The van der Waals surface area contributed by atoms with Gasteiger partial charge in [0, 0.05) is 0 Å². The first kappa shape index (κ1) is 15.8. The molecule has 10 heteroatoms. The Kier molecular flexibility index (Phi) is 4.80. The van der Waals surface area contributed by atoms with Crippen LogP contribution >= 0.6 is 81.2 Å². The van der Waals surface area contributed by atoms with Gasteiger partial charge in [0.25, 0.3) is 4.59 Å². The molecular formula is C4Cl7F3. The molecule has 0 amide bonds. The van der Waals surface area contributed by atoms with Crippen molar-refractivity contribution < 1.29 is 13.2 Å². The monoisotopic (exact) mass is 350 g/mol. The average Bonchev–Trinajstić information content (AvgIpc) is 1.81. The highest BCUT2D eigenvalue weighted by atomic mass is 35.5. The van der Waals surface area contributed by atoms with Gasteiger partial charge < -0.3 is 0 Å². The Morgan fingerprint density at radius 3 is 0.929 bits per heavy atom. The second kappa shape index (κ2) is 4.25. The highest BCUT2D eigenvalue weighted by Gasteiger charge is 2.71. The summed E-state index contributed by atoms with van der Waals surface area (Å²) in [6.07, 6.45) is 0. The van der Waals surface area contributed by atoms with E-state index in [1.807, 2.05) is 0 Å². The first-order valence-corrected chi connectivity index (χ1v) is 5.29. The van der Waals surface area contributed by atoms with Gasteiger partial charge in [0.05, 0.1) is 0 Å². The van der Waals surface area contributed by atoms with E-state index in [9.17, 15) is 13.2 Å². The Morgan fingerprint density at radius 2 is 0.857 bits per heavy atom. The Bertz CT molecular complexity index is 190. The molecule has 0 aliphatic heterocycles. The molecular weight excluding hydrogens is 353 g/mol. The zero-order valence-corrected chi connectivity index (χ0v) is 11.1. The van der Waals surface area contributed by atoms with Crippen LogP contribution in [0, 0.1) is 0 Å². The molecule has 0 aliphatic carbocycles. The Morgan fingerprint density at radius 1 is 0.571 bits per heavy atom. The van der Waals surface area contributed by atoms with Gasteiger partial charge in [-0.05, 0) is 11.6 Å². The van der Waals surface area contributed by atoms with Crippen molar-refractivity contribution in [3.8, 4) is 0 Å². The first-order chi connectivity index (χ1) is 5.75. The minimum Gasteiger partial charge on any atom is -0.204 e. The number of hydrogen-bond acceptors (Lipinski definition) is 0. The van der Waals surface area contributed by atoms with E-state index in [0.717, 1.165) is 0 Å². The normalized spacial score (nSPS) is 15.9. The molecule has 0 aromatic rings. The summed E-state index contributed by atoms with van der Waals surface area (Å²) in [7, 11) is 0. The highest BCUT2D eigenvalue weighted by molar-refractivity contribution is 6.70. The van der Waals surface area contributed by atoms with Gasteiger partial charge in [-0.15, -0.1) is 0 Å². The summed E-state index contributed by atoms with van der Waals surface area (Å²) < 4.78 is 27.9. The molecule has 0 aromatic carbocycles. The lowest BCUT2D eigenvalue weighted by molar-refractivity contribution is 0.0617. The standard InChI is InChI=1S/C4Cl7F3/c5-1(6,3(9,10)12)2(7,8)4(11,13)14. The maximum Gasteiger partial charge on any atom is 0.357 e. The molecule has 0 radical (unpaired) electrons. The predicted molar refractivity (Wildman–Crippen MR) is 55.2 cm³/mol. The van der Waals surface area contributed by atoms with Crippen molar-refractivity contribution in [2.24, 2.45) is 0 Å². The van der Waals surface area contributed by atoms with Gasteiger partial charge in [-0.2, -0.15) is 8.78 Å². The molecule has 0 aliphatic rings. The molecule has 0 rings (SSSR count). The van der Waals surface area contributed by atoms with Crippen molar-refractivity contribution in [2.75, 3.05) is 0 Å². The number of halogens is 10. The molecule has 0 aromatic heterocycles. The van der Waals surface area contributed by atoms with Crippen LogP contribution in [0.3, 0.4) is 0 Å². The third-order valence-electron chi connectivity index (χ3n) is 1.11. The molecule has 0 atom stereocenters. The number of hydrogen-bond donors (Lipinski definition) is 0. The quantitative estimate of drug-likeness (QED) is 0.607. The fourth-order valence-electron chi connectivity index (χ4n) is 0.356. The van der Waals surface area contributed by atoms with E-state index >= 15 is 0 Å². The van der Waals surface area contributed by atoms with Gasteiger partial charge in [-0.1, -0.05) is 69.6 Å². The molecule has 0 saturated heterocycles. The van der Waals surface area contributed by atoms with Crippen LogP contribution < -0.4 is 0 Å². The van der Waals surface area contributed by atoms with Crippen molar-refractivity contribution >= 4 is 81.2 Å². The van der Waals surface area contributed by atoms with Gasteiger partial charge >= 0.3 is 5.38 Å². The predicted octanol–water partition coefficient (Wildman–Crippen LogP) is 5.27. The fourth-order valence-corrected chi connectivity index (χ4v) is 1.57. The van der Waals surface area contributed by atoms with Gasteiger partial charge in [0.2, 0.25) is 8.67 Å². The Hall–Kier alpha value is 1.82. The molecule has 0 heterocycles. The molecule has 0 unspecified atom stereocenters. The molecule has 0 N–H and O–H groups in total. The minimum absolute atomic E-state index is 3.22. The summed E-state index contributed by atoms with van der Waals surface area (Å²) in [5.41, 5.74) is 0. The van der Waals surface area contributed by atoms with Crippen LogP contribution in [-0.4, -0.2) is 18.6 Å². The number of rotatable bonds is 3. The van der Waals surface area contributed by atoms with E-state index in [-0.39, 0.29) is 0 Å². The van der Waals surface area contributed by atoms with Crippen LogP contribution in [0.5, 0.6) is 0 Å². The van der Waals surface area contributed by atoms with Crippen molar-refractivity contribution in [1.82, 2.24) is 0 Å². The van der Waals surface area contributed by atoms with Crippen LogP contribution in [0.15, 0.2) is 0 Å². The van der Waals surface area contributed by atoms with Crippen LogP contribution in [0.4, 0.5) is 13.2 Å². The van der Waals surface area contributed by atoms with Gasteiger partial charge in [0.1, 0.15) is 0 Å². The van der Waals surface area contributed by atoms with E-state index in [2.05, 4.69) is 11.6 Å². The summed E-state index contributed by atoms with van der Waals surface area (Å²) in [5, 5.41) is -4.33. The van der Waals surface area contributed by atoms with Crippen molar-refractivity contribution in [1.29, 1.82) is 0 Å². The van der Waals surface area contributed by atoms with Crippen LogP contribution in [0.1, 0.15) is 0 Å². The summed E-state index contributed by atoms with van der Waals surface area (Å²) >= 11 is 34.2. The fraction of sp³-hybridized carbons (Fsp3) is 1.00. The van der Waals surface area contributed by atoms with E-state index in [0.29, 0.717) is 0 Å². The van der Waals surface area contributed by atoms with E-state index in [1.54, 1.807) is 0 Å². The lowest BCUT2D eigenvalue weighted by Crippen LogP contribution is -2.55. The van der Waals surface area contributed by atoms with E-state index < -0.39 is 18.6 Å². The molecule has 0 bridgehead atoms. The first-order valence-electron chi connectivity index (χ1n) is 2.64. The molecule has 0 spiro atoms. The van der Waals surface area contributed by atoms with Crippen molar-refractivity contribution in [2.45, 2.75) is 18.6 Å². The third-order valence-corrected chi connectivity index (χ3v) is 5.05. The van der Waals surface area contributed by atoms with Crippen molar-refractivity contribution in [3.05, 3.63) is 0 Å². The second-order valence-electron chi connectivity index (χ2n) is 2.14. The van der Waals surface area contributed by atoms with Gasteiger partial charge in [0.15, 0.2) is 0 Å². The molecule has 0 fully saturated rings. The summed E-state index contributed by atoms with van der Waals surface area (Å²) in [6.45, 7) is 0. The van der Waals surface area contributed by atoms with E-state index in [1.165, 1.54) is 0 Å². The summed E-state index contributed by atoms with van der Waals surface area (Å²) in [6, 6.07) is 0. The largest absolute Gasteiger partial charge is 0.357 e. The smallest absolute Gasteiger partial charge is 0.204 e. The minimum atomic E-state index is -4.33. The third kappa shape index (κ3) is 2.73. The Labute approximate surface area is 112 Å². The maximum atomic E-state index is 12.9. The molecule has 14 heavy (non-hydrogen) atoms. The van der Waals surface area contributed by atoms with E-state index in [4.69, 9.17) is 69.6 Å². The number of alkyl halides is 10. The highest BCUT2D eigenvalue weighted by Crippen LogP contribution is 2.61. The Balaban J connectivity index is 5.30. The summed E-state index contributed by atoms with van der Waals surface area (Å²) in [5.74, 6) is 0. The zero-order chi connectivity index (χ0) is 12.0. The van der Waals surface area contributed by atoms with Crippen LogP contribution in [0.2, 0.25) is 0 Å². The SMILES string of the molecule is FC(F)(Cl)C(Cl)(Cl)C(Cl)(Cl)C(F)(Cl)Cl. The average molecular weight is 353 g/mol. The molecule has 0 saturated carbocycles. The maximum absolute atomic E-state index is 12.9. The summed E-state index contributed by atoms with van der Waals surface area (Å²) in [4.78, 5) is 0. The van der Waals surface area contributed by atoms with Gasteiger partial charge in [-0.25, -0.2) is 4.39 Å². The zero-order valence-electron chi connectivity index (χ0n) is 5.78. The molecule has 0 nitrogen and oxygen atoms in total. The molecule has 86 valence electrons. The lowest BCUT2D eigenvalue weighted by atomic mass is 10.3. The van der Waals surface area contributed by atoms with Crippen LogP contribution in [-0.2, 0) is 0 Å². The lowest BCUT2D eigenvalue weighted by Gasteiger charge is -2.38. The van der Waals surface area contributed by atoms with Crippen LogP contribution in [0.25, 0.3) is 0 Å².